The van der Waals surface area contributed by atoms with Crippen molar-refractivity contribution in [3.05, 3.63) is 71.0 Å². The zero-order valence-corrected chi connectivity index (χ0v) is 16.5. The van der Waals surface area contributed by atoms with Crippen LogP contribution in [0.4, 0.5) is 4.39 Å². The summed E-state index contributed by atoms with van der Waals surface area (Å²) in [5, 5.41) is 2.97. The number of hydrogen-bond donors (Lipinski definition) is 3. The monoisotopic (exact) mass is 387 g/mol. The fraction of sp³-hybridized carbons (Fsp3) is 0.409. The molecule has 0 aliphatic carbocycles. The Morgan fingerprint density at radius 1 is 1.11 bits per heavy atom. The molecule has 6 heteroatoms. The molecule has 1 fully saturated rings. The Hall–Kier alpha value is -2.28. The van der Waals surface area contributed by atoms with Gasteiger partial charge in [0.2, 0.25) is 0 Å². The van der Waals surface area contributed by atoms with Crippen LogP contribution in [0.25, 0.3) is 0 Å². The minimum absolute atomic E-state index is 0.00394. The summed E-state index contributed by atoms with van der Waals surface area (Å²) in [6, 6.07) is 15.0. The maximum absolute atomic E-state index is 13.3. The molecule has 2 aromatic rings. The zero-order valence-electron chi connectivity index (χ0n) is 16.5. The van der Waals surface area contributed by atoms with Gasteiger partial charge in [-0.2, -0.15) is 0 Å². The van der Waals surface area contributed by atoms with Gasteiger partial charge in [-0.25, -0.2) is 4.39 Å². The lowest BCUT2D eigenvalue weighted by Gasteiger charge is -2.23. The van der Waals surface area contributed by atoms with E-state index in [1.54, 1.807) is 11.0 Å². The first-order valence-corrected chi connectivity index (χ1v) is 9.90. The highest BCUT2D eigenvalue weighted by atomic mass is 19.1. The first kappa shape index (κ1) is 20.5. The Balaban J connectivity index is 1.40. The minimum atomic E-state index is -0.242. The number of ether oxygens (including phenoxy) is 1. The van der Waals surface area contributed by atoms with Crippen LogP contribution in [0.15, 0.2) is 48.5 Å². The number of likely N-dealkylation sites (N-methyl/N-ethyl adjacent to an activating group) is 1. The average molecular weight is 387 g/mol. The second-order valence-corrected chi connectivity index (χ2v) is 7.57. The molecule has 1 amide bonds. The number of carbonyl (C=O) groups is 1. The number of carbonyl (C=O) groups excluding carboxylic acids is 1. The number of rotatable bonds is 8. The fourth-order valence-electron chi connectivity index (χ4n) is 3.50. The van der Waals surface area contributed by atoms with Gasteiger partial charge in [-0.05, 0) is 17.7 Å². The molecule has 3 N–H and O–H groups in total. The molecular formula is C22H30FN3O2+2. The summed E-state index contributed by atoms with van der Waals surface area (Å²) in [4.78, 5) is 14.8. The van der Waals surface area contributed by atoms with Crippen molar-refractivity contribution in [1.29, 1.82) is 0 Å². The third kappa shape index (κ3) is 6.71. The lowest BCUT2D eigenvalue weighted by Crippen LogP contribution is -3.12. The van der Waals surface area contributed by atoms with Gasteiger partial charge in [0.1, 0.15) is 32.0 Å². The van der Waals surface area contributed by atoms with Crippen molar-refractivity contribution >= 4 is 5.91 Å². The van der Waals surface area contributed by atoms with Crippen molar-refractivity contribution in [1.82, 2.24) is 5.32 Å². The van der Waals surface area contributed by atoms with Crippen LogP contribution in [0.5, 0.6) is 0 Å². The maximum Gasteiger partial charge on any atom is 0.275 e. The Kier molecular flexibility index (Phi) is 7.54. The van der Waals surface area contributed by atoms with Crippen LogP contribution in [0.2, 0.25) is 0 Å². The molecule has 1 atom stereocenters. The summed E-state index contributed by atoms with van der Waals surface area (Å²) in [6.45, 7) is 6.32. The number of quaternary nitrogens is 2. The topological polar surface area (TPSA) is 47.2 Å². The van der Waals surface area contributed by atoms with Gasteiger partial charge in [0.05, 0.1) is 20.3 Å². The van der Waals surface area contributed by atoms with Gasteiger partial charge >= 0.3 is 0 Å². The van der Waals surface area contributed by atoms with Gasteiger partial charge in [0.15, 0.2) is 6.54 Å². The number of hydrogen-bond acceptors (Lipinski definition) is 2. The van der Waals surface area contributed by atoms with E-state index in [2.05, 4.69) is 29.6 Å². The molecule has 0 spiro atoms. The highest BCUT2D eigenvalue weighted by Crippen LogP contribution is 2.04. The molecule has 0 bridgehead atoms. The van der Waals surface area contributed by atoms with Crippen molar-refractivity contribution in [2.75, 3.05) is 39.9 Å². The number of morpholine rings is 1. The first-order valence-electron chi connectivity index (χ1n) is 9.90. The molecule has 1 saturated heterocycles. The van der Waals surface area contributed by atoms with Gasteiger partial charge in [-0.3, -0.25) is 4.79 Å². The molecule has 1 heterocycles. The van der Waals surface area contributed by atoms with E-state index >= 15 is 0 Å². The first-order chi connectivity index (χ1) is 13.6. The van der Waals surface area contributed by atoms with E-state index in [0.29, 0.717) is 19.6 Å². The third-order valence-corrected chi connectivity index (χ3v) is 5.02. The standard InChI is InChI=1S/C22H28FN3O2/c1-25(15-20-3-2-4-21(23)13-20)17-22(27)24-14-18-5-7-19(8-6-18)16-26-9-11-28-12-10-26/h2-8,13H,9-12,14-17H2,1H3,(H,24,27)/p+2. The van der Waals surface area contributed by atoms with Gasteiger partial charge in [-0.1, -0.05) is 36.4 Å². The molecule has 0 radical (unpaired) electrons. The van der Waals surface area contributed by atoms with Crippen molar-refractivity contribution in [3.8, 4) is 0 Å². The largest absolute Gasteiger partial charge is 0.370 e. The molecule has 3 rings (SSSR count). The Labute approximate surface area is 166 Å². The summed E-state index contributed by atoms with van der Waals surface area (Å²) in [7, 11) is 1.94. The van der Waals surface area contributed by atoms with E-state index in [9.17, 15) is 9.18 Å². The molecule has 1 unspecified atom stereocenters. The Bertz CT molecular complexity index is 761. The fourth-order valence-corrected chi connectivity index (χ4v) is 3.50. The van der Waals surface area contributed by atoms with Crippen LogP contribution < -0.4 is 15.1 Å². The van der Waals surface area contributed by atoms with Crippen molar-refractivity contribution in [2.24, 2.45) is 0 Å². The number of benzene rings is 2. The predicted octanol–water partition coefficient (Wildman–Crippen LogP) is -0.428. The number of halogens is 1. The van der Waals surface area contributed by atoms with E-state index in [4.69, 9.17) is 4.74 Å². The van der Waals surface area contributed by atoms with Crippen LogP contribution in [-0.2, 0) is 29.2 Å². The predicted molar refractivity (Wildman–Crippen MR) is 105 cm³/mol. The van der Waals surface area contributed by atoms with E-state index in [1.807, 2.05) is 13.1 Å². The average Bonchev–Trinajstić information content (AvgIpc) is 2.68. The summed E-state index contributed by atoms with van der Waals surface area (Å²) >= 11 is 0. The quantitative estimate of drug-likeness (QED) is 0.576. The minimum Gasteiger partial charge on any atom is -0.370 e. The summed E-state index contributed by atoms with van der Waals surface area (Å²) in [5.41, 5.74) is 3.30. The summed E-state index contributed by atoms with van der Waals surface area (Å²) < 4.78 is 18.7. The normalized spacial score (nSPS) is 15.9. The van der Waals surface area contributed by atoms with Crippen molar-refractivity contribution in [2.45, 2.75) is 19.6 Å². The number of nitrogens with one attached hydrogen (secondary N) is 3. The third-order valence-electron chi connectivity index (χ3n) is 5.02. The molecule has 2 aromatic carbocycles. The highest BCUT2D eigenvalue weighted by Gasteiger charge is 2.14. The lowest BCUT2D eigenvalue weighted by atomic mass is 10.1. The molecular weight excluding hydrogens is 357 g/mol. The molecule has 0 saturated carbocycles. The number of amides is 1. The van der Waals surface area contributed by atoms with Crippen LogP contribution in [-0.4, -0.2) is 45.8 Å². The van der Waals surface area contributed by atoms with Crippen LogP contribution in [0, 0.1) is 5.82 Å². The maximum atomic E-state index is 13.3. The van der Waals surface area contributed by atoms with Crippen LogP contribution >= 0.6 is 0 Å². The smallest absolute Gasteiger partial charge is 0.275 e. The van der Waals surface area contributed by atoms with Crippen molar-refractivity contribution < 1.29 is 23.7 Å². The molecule has 28 heavy (non-hydrogen) atoms. The lowest BCUT2D eigenvalue weighted by molar-refractivity contribution is -0.921. The van der Waals surface area contributed by atoms with E-state index < -0.39 is 0 Å². The van der Waals surface area contributed by atoms with Crippen LogP contribution in [0.3, 0.4) is 0 Å². The SMILES string of the molecule is C[NH+](CC(=O)NCc1ccc(C[NH+]2CCOCC2)cc1)Cc1cccc(F)c1. The Morgan fingerprint density at radius 3 is 2.54 bits per heavy atom. The van der Waals surface area contributed by atoms with Gasteiger partial charge in [0.25, 0.3) is 5.91 Å². The van der Waals surface area contributed by atoms with Crippen molar-refractivity contribution in [3.63, 3.8) is 0 Å². The zero-order chi connectivity index (χ0) is 19.8. The summed E-state index contributed by atoms with van der Waals surface area (Å²) in [5.74, 6) is -0.246. The van der Waals surface area contributed by atoms with E-state index in [1.165, 1.54) is 17.7 Å². The molecule has 1 aliphatic heterocycles. The Morgan fingerprint density at radius 2 is 1.82 bits per heavy atom. The van der Waals surface area contributed by atoms with Crippen LogP contribution in [0.1, 0.15) is 16.7 Å². The van der Waals surface area contributed by atoms with E-state index in [0.717, 1.165) is 48.9 Å². The van der Waals surface area contributed by atoms with Gasteiger partial charge in [0, 0.05) is 17.7 Å². The highest BCUT2D eigenvalue weighted by molar-refractivity contribution is 5.76. The second-order valence-electron chi connectivity index (χ2n) is 7.57. The second kappa shape index (κ2) is 10.3. The van der Waals surface area contributed by atoms with E-state index in [-0.39, 0.29) is 11.7 Å². The molecule has 0 aromatic heterocycles. The summed E-state index contributed by atoms with van der Waals surface area (Å²) in [6.07, 6.45) is 0. The molecule has 5 nitrogen and oxygen atoms in total. The van der Waals surface area contributed by atoms with Gasteiger partial charge < -0.3 is 19.9 Å². The molecule has 150 valence electrons. The molecule has 1 aliphatic rings. The van der Waals surface area contributed by atoms with Gasteiger partial charge in [-0.15, -0.1) is 0 Å².